The van der Waals surface area contributed by atoms with Gasteiger partial charge in [-0.3, -0.25) is 14.7 Å². The predicted octanol–water partition coefficient (Wildman–Crippen LogP) is 2.96. The van der Waals surface area contributed by atoms with Gasteiger partial charge in [0.2, 0.25) is 11.7 Å². The second-order valence-corrected chi connectivity index (χ2v) is 8.31. The third-order valence-electron chi connectivity index (χ3n) is 6.11. The summed E-state index contributed by atoms with van der Waals surface area (Å²) in [7, 11) is 2.08. The Morgan fingerprint density at radius 2 is 1.97 bits per heavy atom. The van der Waals surface area contributed by atoms with E-state index in [-0.39, 0.29) is 17.4 Å². The molecule has 3 aromatic rings. The zero-order valence-corrected chi connectivity index (χ0v) is 16.6. The predicted molar refractivity (Wildman–Crippen MR) is 107 cm³/mol. The summed E-state index contributed by atoms with van der Waals surface area (Å²) in [5, 5.41) is 4.17. The molecule has 4 heterocycles. The lowest BCUT2D eigenvalue weighted by Crippen LogP contribution is -2.59. The highest BCUT2D eigenvalue weighted by Crippen LogP contribution is 2.47. The molecule has 1 unspecified atom stereocenters. The molecule has 2 aliphatic rings. The first-order valence-corrected chi connectivity index (χ1v) is 9.84. The smallest absolute Gasteiger partial charge is 0.255 e. The van der Waals surface area contributed by atoms with Crippen molar-refractivity contribution in [2.75, 3.05) is 26.7 Å². The first kappa shape index (κ1) is 18.0. The number of nitrogens with zero attached hydrogens (tertiary/aromatic N) is 5. The van der Waals surface area contributed by atoms with Crippen LogP contribution in [0.3, 0.4) is 0 Å². The van der Waals surface area contributed by atoms with Gasteiger partial charge >= 0.3 is 0 Å². The van der Waals surface area contributed by atoms with E-state index >= 15 is 0 Å². The van der Waals surface area contributed by atoms with Crippen LogP contribution in [-0.2, 0) is 0 Å². The summed E-state index contributed by atoms with van der Waals surface area (Å²) in [4.78, 5) is 25.7. The van der Waals surface area contributed by atoms with E-state index < -0.39 is 0 Å². The van der Waals surface area contributed by atoms with Gasteiger partial charge in [-0.1, -0.05) is 35.5 Å². The van der Waals surface area contributed by atoms with E-state index in [1.165, 1.54) is 0 Å². The van der Waals surface area contributed by atoms with E-state index in [0.717, 1.165) is 37.2 Å². The van der Waals surface area contributed by atoms with Gasteiger partial charge in [0.15, 0.2) is 0 Å². The minimum atomic E-state index is 0.0662. The monoisotopic (exact) mass is 389 g/mol. The van der Waals surface area contributed by atoms with Crippen LogP contribution in [0.25, 0.3) is 11.4 Å². The number of carbonyl (C=O) groups is 1. The molecule has 1 amide bonds. The number of rotatable bonds is 3. The number of hydrogen-bond acceptors (Lipinski definition) is 6. The lowest BCUT2D eigenvalue weighted by Gasteiger charge is -2.48. The maximum Gasteiger partial charge on any atom is 0.255 e. The van der Waals surface area contributed by atoms with Crippen molar-refractivity contribution in [1.82, 2.24) is 24.9 Å². The Kier molecular flexibility index (Phi) is 4.20. The van der Waals surface area contributed by atoms with Crippen molar-refractivity contribution in [3.05, 3.63) is 65.8 Å². The average Bonchev–Trinajstić information content (AvgIpc) is 3.32. The zero-order valence-electron chi connectivity index (χ0n) is 16.6. The molecule has 148 valence electrons. The normalized spacial score (nSPS) is 20.8. The lowest BCUT2D eigenvalue weighted by atomic mass is 9.77. The van der Waals surface area contributed by atoms with E-state index in [9.17, 15) is 4.79 Å². The first-order valence-electron chi connectivity index (χ1n) is 9.84. The second kappa shape index (κ2) is 6.77. The second-order valence-electron chi connectivity index (χ2n) is 8.31. The van der Waals surface area contributed by atoms with Gasteiger partial charge in [-0.25, -0.2) is 0 Å². The number of aromatic nitrogens is 3. The Morgan fingerprint density at radius 3 is 2.72 bits per heavy atom. The van der Waals surface area contributed by atoms with Crippen LogP contribution in [0.5, 0.6) is 0 Å². The molecule has 7 nitrogen and oxygen atoms in total. The number of aryl methyl sites for hydroxylation is 1. The highest BCUT2D eigenvalue weighted by Gasteiger charge is 2.53. The first-order chi connectivity index (χ1) is 14.0. The van der Waals surface area contributed by atoms with Gasteiger partial charge < -0.3 is 9.42 Å². The van der Waals surface area contributed by atoms with Crippen LogP contribution >= 0.6 is 0 Å². The fourth-order valence-electron chi connectivity index (χ4n) is 4.62. The molecule has 29 heavy (non-hydrogen) atoms. The highest BCUT2D eigenvalue weighted by atomic mass is 16.5. The Bertz CT molecular complexity index is 1040. The van der Waals surface area contributed by atoms with E-state index in [4.69, 9.17) is 4.52 Å². The van der Waals surface area contributed by atoms with Gasteiger partial charge in [-0.15, -0.1) is 0 Å². The number of likely N-dealkylation sites (tertiary alicyclic amines) is 2. The molecule has 5 rings (SSSR count). The topological polar surface area (TPSA) is 75.4 Å². The highest BCUT2D eigenvalue weighted by molar-refractivity contribution is 5.95. The van der Waals surface area contributed by atoms with E-state index in [1.54, 1.807) is 12.4 Å². The van der Waals surface area contributed by atoms with E-state index in [2.05, 4.69) is 27.1 Å². The molecular formula is C22H23N5O2. The molecule has 2 aliphatic heterocycles. The van der Waals surface area contributed by atoms with Gasteiger partial charge in [0.05, 0.1) is 11.6 Å². The van der Waals surface area contributed by atoms with Crippen molar-refractivity contribution >= 4 is 5.91 Å². The van der Waals surface area contributed by atoms with Crippen LogP contribution in [0.2, 0.25) is 0 Å². The minimum absolute atomic E-state index is 0.0662. The summed E-state index contributed by atoms with van der Waals surface area (Å²) in [6.45, 7) is 4.36. The molecule has 2 saturated heterocycles. The molecule has 1 spiro atoms. The van der Waals surface area contributed by atoms with E-state index in [1.807, 2.05) is 48.2 Å². The third-order valence-corrected chi connectivity index (χ3v) is 6.11. The number of carbonyl (C=O) groups excluding carboxylic acids is 1. The van der Waals surface area contributed by atoms with Crippen LogP contribution in [0.1, 0.15) is 34.3 Å². The Labute approximate surface area is 169 Å². The van der Waals surface area contributed by atoms with Crippen molar-refractivity contribution in [1.29, 1.82) is 0 Å². The molecule has 2 aromatic heterocycles. The van der Waals surface area contributed by atoms with Crippen molar-refractivity contribution in [2.45, 2.75) is 19.4 Å². The van der Waals surface area contributed by atoms with E-state index in [0.29, 0.717) is 17.3 Å². The Hall–Kier alpha value is -3.06. The van der Waals surface area contributed by atoms with Gasteiger partial charge in [0.25, 0.3) is 5.91 Å². The molecule has 0 saturated carbocycles. The quantitative estimate of drug-likeness (QED) is 0.686. The van der Waals surface area contributed by atoms with Crippen LogP contribution in [-0.4, -0.2) is 57.5 Å². The summed E-state index contributed by atoms with van der Waals surface area (Å²) in [5.74, 6) is 1.33. The van der Waals surface area contributed by atoms with Gasteiger partial charge in [-0.05, 0) is 32.0 Å². The fourth-order valence-corrected chi connectivity index (χ4v) is 4.62. The summed E-state index contributed by atoms with van der Waals surface area (Å²) in [5.41, 5.74) is 2.69. The zero-order chi connectivity index (χ0) is 20.0. The Balaban J connectivity index is 1.28. The molecule has 0 aliphatic carbocycles. The molecule has 1 aromatic carbocycles. The molecule has 2 fully saturated rings. The van der Waals surface area contributed by atoms with Crippen LogP contribution in [0.4, 0.5) is 0 Å². The van der Waals surface area contributed by atoms with Crippen molar-refractivity contribution in [3.8, 4) is 11.4 Å². The van der Waals surface area contributed by atoms with Gasteiger partial charge in [0, 0.05) is 43.0 Å². The summed E-state index contributed by atoms with van der Waals surface area (Å²) < 4.78 is 5.60. The van der Waals surface area contributed by atoms with Crippen molar-refractivity contribution in [2.24, 2.45) is 5.41 Å². The largest absolute Gasteiger partial charge is 0.337 e. The van der Waals surface area contributed by atoms with Crippen LogP contribution in [0.15, 0.2) is 53.3 Å². The summed E-state index contributed by atoms with van der Waals surface area (Å²) in [6.07, 6.45) is 4.29. The van der Waals surface area contributed by atoms with Crippen molar-refractivity contribution < 1.29 is 9.32 Å². The molecule has 7 heteroatoms. The lowest BCUT2D eigenvalue weighted by molar-refractivity contribution is 0.0114. The maximum atomic E-state index is 12.8. The van der Waals surface area contributed by atoms with Crippen LogP contribution < -0.4 is 0 Å². The molecular weight excluding hydrogens is 366 g/mol. The minimum Gasteiger partial charge on any atom is -0.337 e. The molecule has 0 N–H and O–H groups in total. The SMILES string of the molecule is Cc1ccncc1C(=O)N1CC2(CC(c3nc(-c4ccccc4)no3)N(C)C2)C1. The Morgan fingerprint density at radius 1 is 1.17 bits per heavy atom. The number of benzene rings is 1. The average molecular weight is 389 g/mol. The third kappa shape index (κ3) is 3.11. The molecule has 0 bridgehead atoms. The van der Waals surface area contributed by atoms with Crippen LogP contribution in [0, 0.1) is 12.3 Å². The van der Waals surface area contributed by atoms with Gasteiger partial charge in [0.1, 0.15) is 0 Å². The van der Waals surface area contributed by atoms with Crippen molar-refractivity contribution in [3.63, 3.8) is 0 Å². The van der Waals surface area contributed by atoms with Gasteiger partial charge in [-0.2, -0.15) is 4.98 Å². The maximum absolute atomic E-state index is 12.8. The fraction of sp³-hybridized carbons (Fsp3) is 0.364. The number of hydrogen-bond donors (Lipinski definition) is 0. The molecule has 0 radical (unpaired) electrons. The number of amides is 1. The number of pyridine rings is 1. The standard InChI is InChI=1S/C22H23N5O2/c1-15-8-9-23-11-17(15)21(28)27-13-22(14-27)10-18(26(2)12-22)20-24-19(25-29-20)16-6-4-3-5-7-16/h3-9,11,18H,10,12-14H2,1-2H3. The summed E-state index contributed by atoms with van der Waals surface area (Å²) in [6, 6.07) is 11.8. The molecule has 1 atom stereocenters. The summed E-state index contributed by atoms with van der Waals surface area (Å²) >= 11 is 0.